The molecule has 0 bridgehead atoms. The smallest absolute Gasteiger partial charge is 0.220 e. The molecule has 12 unspecified atom stereocenters. The summed E-state index contributed by atoms with van der Waals surface area (Å²) in [4.78, 5) is 13.2. The Bertz CT molecular complexity index is 1250. The highest BCUT2D eigenvalue weighted by Crippen LogP contribution is 2.30. The van der Waals surface area contributed by atoms with Crippen molar-refractivity contribution in [2.45, 2.75) is 267 Å². The van der Waals surface area contributed by atoms with E-state index in [0.29, 0.717) is 12.8 Å². The number of aliphatic hydroxyl groups is 8. The normalized spacial score (nSPS) is 27.1. The molecule has 0 radical (unpaired) electrons. The third-order valence-electron chi connectivity index (χ3n) is 12.9. The lowest BCUT2D eigenvalue weighted by Crippen LogP contribution is -2.65. The average Bonchev–Trinajstić information content (AvgIpc) is 3.31. The zero-order valence-corrected chi connectivity index (χ0v) is 40.9. The zero-order chi connectivity index (χ0) is 48.2. The predicted molar refractivity (Wildman–Crippen MR) is 258 cm³/mol. The second-order valence-corrected chi connectivity index (χ2v) is 18.7. The van der Waals surface area contributed by atoms with Crippen molar-refractivity contribution in [3.8, 4) is 0 Å². The molecule has 0 spiro atoms. The largest absolute Gasteiger partial charge is 0.394 e. The molecule has 0 aromatic carbocycles. The molecule has 2 aliphatic rings. The van der Waals surface area contributed by atoms with Crippen LogP contribution in [0, 0.1) is 0 Å². The molecule has 2 saturated heterocycles. The van der Waals surface area contributed by atoms with E-state index in [0.717, 1.165) is 77.0 Å². The molecule has 2 fully saturated rings. The highest BCUT2D eigenvalue weighted by Gasteiger charge is 2.51. The summed E-state index contributed by atoms with van der Waals surface area (Å²) < 4.78 is 22.7. The Morgan fingerprint density at radius 2 is 1.00 bits per heavy atom. The Hall–Kier alpha value is -1.79. The predicted octanol–water partition coefficient (Wildman–Crippen LogP) is 7.10. The van der Waals surface area contributed by atoms with Crippen LogP contribution in [-0.4, -0.2) is 140 Å². The highest BCUT2D eigenvalue weighted by molar-refractivity contribution is 5.76. The molecule has 386 valence electrons. The molecule has 0 saturated carbocycles. The van der Waals surface area contributed by atoms with Crippen LogP contribution in [0.5, 0.6) is 0 Å². The number of aliphatic hydroxyl groups excluding tert-OH is 8. The van der Waals surface area contributed by atoms with Gasteiger partial charge < -0.3 is 65.1 Å². The first-order valence-corrected chi connectivity index (χ1v) is 26.2. The lowest BCUT2D eigenvalue weighted by atomic mass is 9.97. The lowest BCUT2D eigenvalue weighted by molar-refractivity contribution is -0.359. The first-order valence-electron chi connectivity index (χ1n) is 26.2. The zero-order valence-electron chi connectivity index (χ0n) is 40.9. The number of rotatable bonds is 40. The van der Waals surface area contributed by atoms with Gasteiger partial charge in [-0.05, 0) is 51.4 Å². The van der Waals surface area contributed by atoms with Crippen LogP contribution in [0.4, 0.5) is 0 Å². The van der Waals surface area contributed by atoms with Crippen molar-refractivity contribution >= 4 is 5.91 Å². The number of carbonyl (C=O) groups excluding carboxylic acids is 1. The molecule has 0 aromatic rings. The van der Waals surface area contributed by atoms with Crippen LogP contribution in [0.1, 0.15) is 194 Å². The number of allylic oxidation sites excluding steroid dienone is 6. The van der Waals surface area contributed by atoms with Crippen molar-refractivity contribution in [2.75, 3.05) is 19.8 Å². The van der Waals surface area contributed by atoms with Gasteiger partial charge in [0.15, 0.2) is 12.6 Å². The topological polar surface area (TPSA) is 228 Å². The van der Waals surface area contributed by atoms with Crippen molar-refractivity contribution in [3.63, 3.8) is 0 Å². The van der Waals surface area contributed by atoms with Gasteiger partial charge in [0, 0.05) is 6.42 Å². The van der Waals surface area contributed by atoms with Gasteiger partial charge in [-0.15, -0.1) is 0 Å². The van der Waals surface area contributed by atoms with Crippen LogP contribution >= 0.6 is 0 Å². The van der Waals surface area contributed by atoms with Gasteiger partial charge in [0.25, 0.3) is 0 Å². The number of carbonyl (C=O) groups is 1. The molecule has 14 heteroatoms. The third-order valence-corrected chi connectivity index (χ3v) is 12.9. The van der Waals surface area contributed by atoms with Crippen molar-refractivity contribution in [1.82, 2.24) is 5.32 Å². The van der Waals surface area contributed by atoms with E-state index < -0.39 is 86.8 Å². The maximum absolute atomic E-state index is 13.2. The SMILES string of the molecule is CCCCCCC/C=C\C/C=C\C/C=C\CCCCCCCCC(=O)NC(COC1OC(CO)C(OC2OC(CO)C(O)C(O)C2O)C(O)C1O)C(O)CCCCCCCCCCCCC. The summed E-state index contributed by atoms with van der Waals surface area (Å²) in [6.07, 6.45) is 27.2. The summed E-state index contributed by atoms with van der Waals surface area (Å²) >= 11 is 0. The molecule has 2 aliphatic heterocycles. The highest BCUT2D eigenvalue weighted by atomic mass is 16.7. The third kappa shape index (κ3) is 25.7. The fraction of sp³-hybridized carbons (Fsp3) is 0.865. The van der Waals surface area contributed by atoms with Gasteiger partial charge in [-0.1, -0.05) is 172 Å². The minimum Gasteiger partial charge on any atom is -0.394 e. The van der Waals surface area contributed by atoms with E-state index in [2.05, 4.69) is 55.6 Å². The Morgan fingerprint density at radius 3 is 1.53 bits per heavy atom. The summed E-state index contributed by atoms with van der Waals surface area (Å²) in [5, 5.41) is 86.8. The summed E-state index contributed by atoms with van der Waals surface area (Å²) in [5.74, 6) is -0.221. The number of ether oxygens (including phenoxy) is 4. The van der Waals surface area contributed by atoms with Crippen LogP contribution in [-0.2, 0) is 23.7 Å². The molecule has 12 atom stereocenters. The second kappa shape index (κ2) is 39.0. The van der Waals surface area contributed by atoms with Crippen molar-refractivity contribution < 1.29 is 64.6 Å². The van der Waals surface area contributed by atoms with E-state index >= 15 is 0 Å². The van der Waals surface area contributed by atoms with Crippen LogP contribution in [0.2, 0.25) is 0 Å². The van der Waals surface area contributed by atoms with Crippen LogP contribution in [0.15, 0.2) is 36.5 Å². The molecule has 0 aromatic heterocycles. The van der Waals surface area contributed by atoms with Crippen LogP contribution in [0.3, 0.4) is 0 Å². The molecule has 1 amide bonds. The van der Waals surface area contributed by atoms with E-state index in [1.807, 2.05) is 0 Å². The summed E-state index contributed by atoms with van der Waals surface area (Å²) in [7, 11) is 0. The maximum Gasteiger partial charge on any atom is 0.220 e. The molecule has 66 heavy (non-hydrogen) atoms. The Balaban J connectivity index is 1.80. The first kappa shape index (κ1) is 60.3. The number of amides is 1. The van der Waals surface area contributed by atoms with E-state index in [4.69, 9.17) is 18.9 Å². The number of unbranched alkanes of at least 4 members (excludes halogenated alkanes) is 21. The Kier molecular flexibility index (Phi) is 35.6. The summed E-state index contributed by atoms with van der Waals surface area (Å²) in [5.41, 5.74) is 0. The molecule has 2 rings (SSSR count). The van der Waals surface area contributed by atoms with Gasteiger partial charge in [0.2, 0.25) is 5.91 Å². The van der Waals surface area contributed by atoms with Crippen LogP contribution < -0.4 is 5.32 Å². The van der Waals surface area contributed by atoms with Gasteiger partial charge in [0.05, 0.1) is 32.0 Å². The van der Waals surface area contributed by atoms with Gasteiger partial charge in [-0.25, -0.2) is 0 Å². The van der Waals surface area contributed by atoms with Crippen LogP contribution in [0.25, 0.3) is 0 Å². The van der Waals surface area contributed by atoms with Crippen molar-refractivity contribution in [3.05, 3.63) is 36.5 Å². The van der Waals surface area contributed by atoms with E-state index in [1.54, 1.807) is 0 Å². The van der Waals surface area contributed by atoms with E-state index in [1.165, 1.54) is 83.5 Å². The maximum atomic E-state index is 13.2. The standard InChI is InChI=1S/C52H95NO13/c1-3-5-7-9-11-13-15-16-17-18-19-20-21-22-23-24-26-28-30-32-34-36-44(57)53-40(41(56)35-33-31-29-27-25-14-12-10-8-6-4-2)39-63-51-49(62)47(60)50(43(38-55)65-51)66-52-48(61)46(59)45(58)42(37-54)64-52/h15-16,18-19,21-22,40-43,45-52,54-56,58-62H,3-14,17,20,23-39H2,1-2H3,(H,53,57)/b16-15-,19-18-,22-21-. The fourth-order valence-corrected chi connectivity index (χ4v) is 8.54. The van der Waals surface area contributed by atoms with Gasteiger partial charge in [0.1, 0.15) is 48.8 Å². The van der Waals surface area contributed by atoms with Crippen molar-refractivity contribution in [1.29, 1.82) is 0 Å². The number of nitrogens with one attached hydrogen (secondary N) is 1. The van der Waals surface area contributed by atoms with E-state index in [9.17, 15) is 45.6 Å². The quantitative estimate of drug-likeness (QED) is 0.0221. The van der Waals surface area contributed by atoms with Gasteiger partial charge in [-0.2, -0.15) is 0 Å². The Morgan fingerprint density at radius 1 is 0.545 bits per heavy atom. The first-order chi connectivity index (χ1) is 32.1. The minimum atomic E-state index is -1.78. The minimum absolute atomic E-state index is 0.221. The van der Waals surface area contributed by atoms with Crippen molar-refractivity contribution in [2.24, 2.45) is 0 Å². The van der Waals surface area contributed by atoms with E-state index in [-0.39, 0.29) is 18.9 Å². The molecular weight excluding hydrogens is 847 g/mol. The molecule has 2 heterocycles. The second-order valence-electron chi connectivity index (χ2n) is 18.7. The average molecular weight is 942 g/mol. The molecule has 0 aliphatic carbocycles. The molecule has 14 nitrogen and oxygen atoms in total. The summed E-state index contributed by atoms with van der Waals surface area (Å²) in [6.45, 7) is 2.81. The Labute approximate surface area is 398 Å². The molecule has 9 N–H and O–H groups in total. The monoisotopic (exact) mass is 942 g/mol. The lowest BCUT2D eigenvalue weighted by Gasteiger charge is -2.46. The van der Waals surface area contributed by atoms with Gasteiger partial charge in [-0.3, -0.25) is 4.79 Å². The molecular formula is C52H95NO13. The number of hydrogen-bond donors (Lipinski definition) is 9. The summed E-state index contributed by atoms with van der Waals surface area (Å²) in [6, 6.07) is -0.834. The van der Waals surface area contributed by atoms with Gasteiger partial charge >= 0.3 is 0 Å². The fourth-order valence-electron chi connectivity index (χ4n) is 8.54. The number of hydrogen-bond acceptors (Lipinski definition) is 13.